The van der Waals surface area contributed by atoms with Crippen LogP contribution >= 0.6 is 11.8 Å². The quantitative estimate of drug-likeness (QED) is 0.186. The number of nitrogens with one attached hydrogen (secondary N) is 3. The van der Waals surface area contributed by atoms with Crippen molar-refractivity contribution in [2.24, 2.45) is 21.0 Å². The third-order valence-corrected chi connectivity index (χ3v) is 8.63. The lowest BCUT2D eigenvalue weighted by Crippen LogP contribution is -2.43. The maximum Gasteiger partial charge on any atom is 0.271 e. The first-order chi connectivity index (χ1) is 20.5. The number of allylic oxidation sites excluding steroid dienone is 3. The van der Waals surface area contributed by atoms with Gasteiger partial charge in [0.15, 0.2) is 0 Å². The van der Waals surface area contributed by atoms with Crippen LogP contribution in [0.3, 0.4) is 0 Å². The first-order valence-corrected chi connectivity index (χ1v) is 16.3. The standard InChI is InChI=1S/C33H48N8OS/c1-9-11-12-26-19-30(36-32(41(26)21-22(3)4)35-29-20-33(7,39-37-29)24-13-14-24)43-27-17-15-25(16-18-27)34-31(42)28(10-2)38-40(8)23(5)6/h12,15-19,21,23-24,39H,9-11,13-14,20H2,1-8H3,(H,34,42)(H,35,36,37)/b26-12+,38-28+. The fraction of sp³-hybridized carbons (Fsp3) is 0.515. The first-order valence-electron chi connectivity index (χ1n) is 15.5. The highest BCUT2D eigenvalue weighted by Crippen LogP contribution is 2.42. The Balaban J connectivity index is 1.55. The number of thioether (sulfide) groups is 1. The molecular weight excluding hydrogens is 556 g/mol. The van der Waals surface area contributed by atoms with Gasteiger partial charge in [-0.3, -0.25) is 14.7 Å². The number of amides is 1. The van der Waals surface area contributed by atoms with E-state index in [0.29, 0.717) is 24.0 Å². The number of hydrogen-bond donors (Lipinski definition) is 3. The number of carbonyl (C=O) groups is 1. The second-order valence-corrected chi connectivity index (χ2v) is 13.3. The van der Waals surface area contributed by atoms with E-state index in [4.69, 9.17) is 9.98 Å². The first kappa shape index (κ1) is 32.5. The van der Waals surface area contributed by atoms with Crippen molar-refractivity contribution >= 4 is 40.9 Å². The summed E-state index contributed by atoms with van der Waals surface area (Å²) in [5.41, 5.74) is 10.3. The average molecular weight is 605 g/mol. The summed E-state index contributed by atoms with van der Waals surface area (Å²) in [7, 11) is 1.88. The van der Waals surface area contributed by atoms with Crippen LogP contribution in [0.1, 0.15) is 87.0 Å². The molecule has 9 nitrogen and oxygen atoms in total. The minimum absolute atomic E-state index is 0.0367. The number of unbranched alkanes of at least 4 members (excludes halogenated alkanes) is 1. The maximum atomic E-state index is 12.9. The normalized spacial score (nSPS) is 22.4. The van der Waals surface area contributed by atoms with E-state index in [2.05, 4.69) is 72.2 Å². The Morgan fingerprint density at radius 2 is 1.98 bits per heavy atom. The summed E-state index contributed by atoms with van der Waals surface area (Å²) < 4.78 is 0. The highest BCUT2D eigenvalue weighted by molar-refractivity contribution is 8.03. The van der Waals surface area contributed by atoms with E-state index in [1.807, 2.05) is 57.1 Å². The zero-order chi connectivity index (χ0) is 31.1. The number of aliphatic imine (C=N–C) groups is 2. The predicted molar refractivity (Wildman–Crippen MR) is 181 cm³/mol. The van der Waals surface area contributed by atoms with Crippen molar-refractivity contribution in [1.29, 1.82) is 0 Å². The third-order valence-electron chi connectivity index (χ3n) is 7.70. The molecule has 0 bridgehead atoms. The fourth-order valence-corrected chi connectivity index (χ4v) is 5.61. The van der Waals surface area contributed by atoms with Crippen molar-refractivity contribution in [2.45, 2.75) is 103 Å². The Labute approximate surface area is 261 Å². The van der Waals surface area contributed by atoms with E-state index in [0.717, 1.165) is 46.4 Å². The lowest BCUT2D eigenvalue weighted by atomic mass is 9.94. The van der Waals surface area contributed by atoms with E-state index in [-0.39, 0.29) is 17.5 Å². The number of anilines is 1. The molecule has 4 rings (SSSR count). The number of benzene rings is 1. The predicted octanol–water partition coefficient (Wildman–Crippen LogP) is 7.01. The van der Waals surface area contributed by atoms with Gasteiger partial charge in [0.2, 0.25) is 5.96 Å². The molecule has 3 aliphatic rings. The number of hydrogen-bond acceptors (Lipinski definition) is 8. The highest BCUT2D eigenvalue weighted by atomic mass is 32.2. The summed E-state index contributed by atoms with van der Waals surface area (Å²) >= 11 is 1.59. The van der Waals surface area contributed by atoms with Crippen LogP contribution in [0, 0.1) is 5.92 Å². The number of amidine groups is 1. The van der Waals surface area contributed by atoms with E-state index in [9.17, 15) is 4.79 Å². The zero-order valence-electron chi connectivity index (χ0n) is 27.0. The summed E-state index contributed by atoms with van der Waals surface area (Å²) in [6, 6.07) is 8.07. The van der Waals surface area contributed by atoms with Gasteiger partial charge in [-0.2, -0.15) is 10.1 Å². The number of hydrazine groups is 1. The molecule has 43 heavy (non-hydrogen) atoms. The van der Waals surface area contributed by atoms with Crippen molar-refractivity contribution in [1.82, 2.24) is 20.8 Å². The second kappa shape index (κ2) is 14.4. The Bertz CT molecular complexity index is 1350. The molecule has 0 aromatic heterocycles. The van der Waals surface area contributed by atoms with E-state index in [1.165, 1.54) is 18.4 Å². The van der Waals surface area contributed by atoms with Crippen LogP contribution in [0.2, 0.25) is 0 Å². The van der Waals surface area contributed by atoms with Gasteiger partial charge in [0.1, 0.15) is 16.6 Å². The van der Waals surface area contributed by atoms with Crippen LogP contribution < -0.4 is 16.2 Å². The van der Waals surface area contributed by atoms with Crippen LogP contribution in [0.15, 0.2) is 78.9 Å². The molecule has 232 valence electrons. The van der Waals surface area contributed by atoms with Gasteiger partial charge in [-0.15, -0.1) is 0 Å². The molecule has 1 unspecified atom stereocenters. The summed E-state index contributed by atoms with van der Waals surface area (Å²) in [6.07, 6.45) is 12.4. The molecule has 1 saturated heterocycles. The minimum atomic E-state index is -0.184. The molecule has 1 aromatic carbocycles. The van der Waals surface area contributed by atoms with E-state index < -0.39 is 0 Å². The van der Waals surface area contributed by atoms with Crippen LogP contribution in [-0.2, 0) is 4.79 Å². The maximum absolute atomic E-state index is 12.9. The number of rotatable bonds is 11. The monoisotopic (exact) mass is 604 g/mol. The summed E-state index contributed by atoms with van der Waals surface area (Å²) in [6.45, 7) is 14.7. The van der Waals surface area contributed by atoms with Gasteiger partial charge in [-0.1, -0.05) is 43.7 Å². The number of nitrogens with zero attached hydrogens (tertiary/aromatic N) is 5. The molecule has 3 N–H and O–H groups in total. The fourth-order valence-electron chi connectivity index (χ4n) is 4.79. The summed E-state index contributed by atoms with van der Waals surface area (Å²) in [5.74, 6) is 2.07. The highest BCUT2D eigenvalue weighted by Gasteiger charge is 2.45. The van der Waals surface area contributed by atoms with Gasteiger partial charge in [-0.05, 0) is 96.6 Å². The van der Waals surface area contributed by atoms with Gasteiger partial charge in [0.05, 0.1) is 0 Å². The molecule has 1 aliphatic carbocycles. The molecule has 1 saturated carbocycles. The Hall–Kier alpha value is -3.37. The van der Waals surface area contributed by atoms with Crippen LogP contribution in [0.25, 0.3) is 0 Å². The smallest absolute Gasteiger partial charge is 0.271 e. The number of hydrazone groups is 1. The molecule has 1 aromatic rings. The summed E-state index contributed by atoms with van der Waals surface area (Å²) in [4.78, 5) is 26.0. The molecule has 0 radical (unpaired) electrons. The molecule has 0 spiro atoms. The molecule has 2 heterocycles. The average Bonchev–Trinajstić information content (AvgIpc) is 3.76. The molecular formula is C33H48N8OS. The van der Waals surface area contributed by atoms with Gasteiger partial charge in [0.25, 0.3) is 5.91 Å². The number of guanidine groups is 1. The Kier molecular flexibility index (Phi) is 10.9. The minimum Gasteiger partial charge on any atom is -0.321 e. The van der Waals surface area contributed by atoms with Crippen LogP contribution in [0.4, 0.5) is 5.69 Å². The van der Waals surface area contributed by atoms with Crippen LogP contribution in [-0.4, -0.2) is 52.0 Å². The largest absolute Gasteiger partial charge is 0.321 e. The Morgan fingerprint density at radius 3 is 2.58 bits per heavy atom. The van der Waals surface area contributed by atoms with Gasteiger partial charge < -0.3 is 10.7 Å². The third kappa shape index (κ3) is 8.83. The molecule has 10 heteroatoms. The van der Waals surface area contributed by atoms with Gasteiger partial charge in [-0.25, -0.2) is 10.4 Å². The number of carbonyl (C=O) groups excluding carboxylic acids is 1. The topological polar surface area (TPSA) is 96.7 Å². The SMILES string of the molecule is CCC/C=C1\C=C(Sc2ccc(NC(=O)/C(CC)=N/N(C)C(C)C)cc2)N=C(/N=C2\CC(C)(C3CC3)NN2)N1C=C(C)C. The van der Waals surface area contributed by atoms with Gasteiger partial charge in [0, 0.05) is 47.5 Å². The van der Waals surface area contributed by atoms with Crippen molar-refractivity contribution in [3.63, 3.8) is 0 Å². The molecule has 2 aliphatic heterocycles. The van der Waals surface area contributed by atoms with Crippen molar-refractivity contribution in [2.75, 3.05) is 12.4 Å². The van der Waals surface area contributed by atoms with Crippen LogP contribution in [0.5, 0.6) is 0 Å². The van der Waals surface area contributed by atoms with E-state index >= 15 is 0 Å². The molecule has 1 amide bonds. The molecule has 2 fully saturated rings. The van der Waals surface area contributed by atoms with E-state index in [1.54, 1.807) is 11.8 Å². The van der Waals surface area contributed by atoms with Gasteiger partial charge >= 0.3 is 0 Å². The lowest BCUT2D eigenvalue weighted by Gasteiger charge is -2.26. The Morgan fingerprint density at radius 1 is 1.26 bits per heavy atom. The summed E-state index contributed by atoms with van der Waals surface area (Å²) in [5, 5.41) is 10.1. The van der Waals surface area contributed by atoms with Crippen molar-refractivity contribution in [3.8, 4) is 0 Å². The van der Waals surface area contributed by atoms with Crippen molar-refractivity contribution in [3.05, 3.63) is 58.9 Å². The second-order valence-electron chi connectivity index (χ2n) is 12.2. The molecule has 1 atom stereocenters. The van der Waals surface area contributed by atoms with Crippen molar-refractivity contribution < 1.29 is 4.79 Å². The lowest BCUT2D eigenvalue weighted by molar-refractivity contribution is -0.110. The zero-order valence-corrected chi connectivity index (χ0v) is 27.8.